The molecule has 0 saturated carbocycles. The van der Waals surface area contributed by atoms with Gasteiger partial charge in [-0.15, -0.1) is 0 Å². The van der Waals surface area contributed by atoms with Crippen molar-refractivity contribution in [1.82, 2.24) is 19.5 Å². The van der Waals surface area contributed by atoms with Gasteiger partial charge in [0.25, 0.3) is 0 Å². The average molecular weight is 374 g/mol. The van der Waals surface area contributed by atoms with Crippen LogP contribution in [-0.4, -0.2) is 19.5 Å². The van der Waals surface area contributed by atoms with E-state index in [0.29, 0.717) is 28.0 Å². The summed E-state index contributed by atoms with van der Waals surface area (Å²) >= 11 is 0. The molecule has 5 nitrogen and oxygen atoms in total. The lowest BCUT2D eigenvalue weighted by molar-refractivity contribution is 0.631. The smallest absolute Gasteiger partial charge is 0.259 e. The van der Waals surface area contributed by atoms with Crippen LogP contribution in [0.5, 0.6) is 0 Å². The van der Waals surface area contributed by atoms with Gasteiger partial charge in [0.15, 0.2) is 5.65 Å². The van der Waals surface area contributed by atoms with Crippen molar-refractivity contribution < 1.29 is 4.39 Å². The number of aryl methyl sites for hydroxylation is 1. The van der Waals surface area contributed by atoms with E-state index < -0.39 is 5.69 Å². The largest absolute Gasteiger partial charge is 0.353 e. The summed E-state index contributed by atoms with van der Waals surface area (Å²) in [6.45, 7) is 5.97. The molecule has 1 aromatic carbocycles. The highest BCUT2D eigenvalue weighted by atomic mass is 19.1. The first-order chi connectivity index (χ1) is 13.5. The number of benzene rings is 1. The Morgan fingerprint density at radius 3 is 2.57 bits per heavy atom. The summed E-state index contributed by atoms with van der Waals surface area (Å²) in [6.07, 6.45) is 3.23. The van der Waals surface area contributed by atoms with Gasteiger partial charge in [0, 0.05) is 23.3 Å². The molecule has 4 aromatic rings. The van der Waals surface area contributed by atoms with Crippen molar-refractivity contribution in [2.75, 3.05) is 0 Å². The number of halogens is 1. The quantitative estimate of drug-likeness (QED) is 0.533. The van der Waals surface area contributed by atoms with Gasteiger partial charge < -0.3 is 0 Å². The molecule has 0 amide bonds. The van der Waals surface area contributed by atoms with Gasteiger partial charge in [0.1, 0.15) is 5.82 Å². The van der Waals surface area contributed by atoms with E-state index in [-0.39, 0.29) is 11.7 Å². The predicted octanol–water partition coefficient (Wildman–Crippen LogP) is 4.41. The van der Waals surface area contributed by atoms with Gasteiger partial charge in [-0.25, -0.2) is 23.7 Å². The lowest BCUT2D eigenvalue weighted by Gasteiger charge is -2.17. The van der Waals surface area contributed by atoms with Gasteiger partial charge in [0.05, 0.1) is 17.1 Å². The van der Waals surface area contributed by atoms with Crippen molar-refractivity contribution >= 4 is 11.0 Å². The van der Waals surface area contributed by atoms with Crippen LogP contribution >= 0.6 is 0 Å². The highest BCUT2D eigenvalue weighted by Crippen LogP contribution is 2.27. The molecule has 0 N–H and O–H groups in total. The summed E-state index contributed by atoms with van der Waals surface area (Å²) in [5.41, 5.74) is 3.19. The minimum Gasteiger partial charge on any atom is -0.259 e. The zero-order chi connectivity index (χ0) is 19.8. The van der Waals surface area contributed by atoms with Crippen molar-refractivity contribution in [3.05, 3.63) is 82.4 Å². The first kappa shape index (κ1) is 18.0. The Morgan fingerprint density at radius 2 is 1.82 bits per heavy atom. The second kappa shape index (κ2) is 6.96. The van der Waals surface area contributed by atoms with Gasteiger partial charge in [0.2, 0.25) is 0 Å². The molecule has 0 fully saturated rings. The van der Waals surface area contributed by atoms with Crippen molar-refractivity contribution in [3.63, 3.8) is 0 Å². The molecule has 0 spiro atoms. The van der Waals surface area contributed by atoms with E-state index in [1.165, 1.54) is 16.8 Å². The highest BCUT2D eigenvalue weighted by molar-refractivity contribution is 5.79. The van der Waals surface area contributed by atoms with Crippen LogP contribution in [0, 0.1) is 12.7 Å². The van der Waals surface area contributed by atoms with Gasteiger partial charge in [-0.1, -0.05) is 26.0 Å². The monoisotopic (exact) mass is 374 g/mol. The van der Waals surface area contributed by atoms with Crippen LogP contribution in [0.25, 0.3) is 28.0 Å². The van der Waals surface area contributed by atoms with Crippen LogP contribution in [0.3, 0.4) is 0 Å². The molecular weight excluding hydrogens is 355 g/mol. The van der Waals surface area contributed by atoms with Crippen molar-refractivity contribution in [2.24, 2.45) is 0 Å². The summed E-state index contributed by atoms with van der Waals surface area (Å²) in [5.74, 6) is -0.260. The molecule has 0 aliphatic carbocycles. The molecule has 0 radical (unpaired) electrons. The molecule has 0 aliphatic heterocycles. The Kier molecular flexibility index (Phi) is 4.47. The molecule has 0 aliphatic rings. The molecule has 0 atom stereocenters. The minimum atomic E-state index is -0.441. The van der Waals surface area contributed by atoms with Crippen molar-refractivity contribution in [1.29, 1.82) is 0 Å². The second-order valence-electron chi connectivity index (χ2n) is 6.98. The number of pyridine rings is 2. The standard InChI is InChI=1S/C22H19FN4O/c1-13(2)19-20(14(3)10-11-24-19)27-21-15(12-25-22(27)28)8-9-18(26-21)16-6-4-5-7-17(16)23/h4-13H,1-3H3. The maximum Gasteiger partial charge on any atom is 0.353 e. The molecule has 0 bridgehead atoms. The Morgan fingerprint density at radius 1 is 1.04 bits per heavy atom. The summed E-state index contributed by atoms with van der Waals surface area (Å²) in [4.78, 5) is 25.9. The fourth-order valence-electron chi connectivity index (χ4n) is 3.32. The molecule has 6 heteroatoms. The number of hydrogen-bond donors (Lipinski definition) is 0. The molecule has 28 heavy (non-hydrogen) atoms. The van der Waals surface area contributed by atoms with Crippen LogP contribution in [0.15, 0.2) is 59.7 Å². The zero-order valence-electron chi connectivity index (χ0n) is 15.8. The average Bonchev–Trinajstić information content (AvgIpc) is 2.68. The molecule has 4 rings (SSSR count). The van der Waals surface area contributed by atoms with Gasteiger partial charge in [-0.05, 0) is 48.7 Å². The van der Waals surface area contributed by atoms with Crippen LogP contribution in [-0.2, 0) is 0 Å². The maximum absolute atomic E-state index is 14.3. The Balaban J connectivity index is 2.08. The number of rotatable bonds is 3. The Bertz CT molecular complexity index is 1250. The van der Waals surface area contributed by atoms with E-state index in [4.69, 9.17) is 0 Å². The number of nitrogens with zero attached hydrogens (tertiary/aromatic N) is 4. The van der Waals surface area contributed by atoms with Gasteiger partial charge in [-0.3, -0.25) is 4.98 Å². The summed E-state index contributed by atoms with van der Waals surface area (Å²) in [6, 6.07) is 11.8. The second-order valence-corrected chi connectivity index (χ2v) is 6.98. The third-order valence-electron chi connectivity index (χ3n) is 4.70. The minimum absolute atomic E-state index is 0.104. The van der Waals surface area contributed by atoms with Crippen LogP contribution < -0.4 is 5.69 Å². The molecule has 3 heterocycles. The Labute approximate surface area is 161 Å². The highest BCUT2D eigenvalue weighted by Gasteiger charge is 2.18. The van der Waals surface area contributed by atoms with E-state index in [1.807, 2.05) is 26.8 Å². The van der Waals surface area contributed by atoms with Crippen molar-refractivity contribution in [3.8, 4) is 16.9 Å². The van der Waals surface area contributed by atoms with E-state index in [1.54, 1.807) is 36.5 Å². The van der Waals surface area contributed by atoms with Crippen LogP contribution in [0.2, 0.25) is 0 Å². The van der Waals surface area contributed by atoms with Gasteiger partial charge >= 0.3 is 5.69 Å². The van der Waals surface area contributed by atoms with E-state index in [0.717, 1.165) is 11.3 Å². The number of fused-ring (bicyclic) bond motifs is 1. The summed E-state index contributed by atoms with van der Waals surface area (Å²) < 4.78 is 15.8. The van der Waals surface area contributed by atoms with Crippen LogP contribution in [0.4, 0.5) is 4.39 Å². The molecule has 0 unspecified atom stereocenters. The van der Waals surface area contributed by atoms with Gasteiger partial charge in [-0.2, -0.15) is 0 Å². The van der Waals surface area contributed by atoms with Crippen LogP contribution in [0.1, 0.15) is 31.0 Å². The molecular formula is C22H19FN4O. The normalized spacial score (nSPS) is 11.3. The molecule has 0 saturated heterocycles. The molecule has 3 aromatic heterocycles. The first-order valence-corrected chi connectivity index (χ1v) is 9.07. The van der Waals surface area contributed by atoms with E-state index in [9.17, 15) is 9.18 Å². The van der Waals surface area contributed by atoms with E-state index in [2.05, 4.69) is 15.0 Å². The predicted molar refractivity (Wildman–Crippen MR) is 107 cm³/mol. The summed E-state index contributed by atoms with van der Waals surface area (Å²) in [5, 5.41) is 0.692. The zero-order valence-corrected chi connectivity index (χ0v) is 15.8. The third kappa shape index (κ3) is 2.97. The number of aromatic nitrogens is 4. The maximum atomic E-state index is 14.3. The SMILES string of the molecule is Cc1ccnc(C(C)C)c1-n1c(=O)ncc2ccc(-c3ccccc3F)nc21. The van der Waals surface area contributed by atoms with Crippen molar-refractivity contribution in [2.45, 2.75) is 26.7 Å². The topological polar surface area (TPSA) is 60.7 Å². The summed E-state index contributed by atoms with van der Waals surface area (Å²) in [7, 11) is 0. The fourth-order valence-corrected chi connectivity index (χ4v) is 3.32. The lowest BCUT2D eigenvalue weighted by Crippen LogP contribution is -2.24. The third-order valence-corrected chi connectivity index (χ3v) is 4.70. The lowest BCUT2D eigenvalue weighted by atomic mass is 10.0. The Hall–Kier alpha value is -3.41. The fraction of sp³-hybridized carbons (Fsp3) is 0.182. The van der Waals surface area contributed by atoms with E-state index >= 15 is 0 Å². The molecule has 140 valence electrons. The number of hydrogen-bond acceptors (Lipinski definition) is 4. The first-order valence-electron chi connectivity index (χ1n) is 9.07.